The molecular weight excluding hydrogens is 296 g/mol. The Labute approximate surface area is 133 Å². The molecule has 0 aliphatic carbocycles. The van der Waals surface area contributed by atoms with Gasteiger partial charge in [-0.15, -0.1) is 0 Å². The molecule has 3 amide bonds. The standard InChI is InChI=1S/C17H16N2O4/c1-12-3-2-4-14(9-12)19(11-20)17(21)18-13-5-6-15-16(10-13)23-8-7-22-15/h2-6,9-11H,7-8H2,1H3,(H,18,21). The fraction of sp³-hybridized carbons (Fsp3) is 0.176. The highest BCUT2D eigenvalue weighted by atomic mass is 16.6. The number of nitrogens with one attached hydrogen (secondary N) is 1. The Bertz CT molecular complexity index is 745. The monoisotopic (exact) mass is 312 g/mol. The lowest BCUT2D eigenvalue weighted by atomic mass is 10.2. The molecule has 1 N–H and O–H groups in total. The summed E-state index contributed by atoms with van der Waals surface area (Å²) < 4.78 is 10.9. The van der Waals surface area contributed by atoms with E-state index in [0.717, 1.165) is 10.5 Å². The second-order valence-electron chi connectivity index (χ2n) is 5.10. The number of rotatable bonds is 3. The van der Waals surface area contributed by atoms with E-state index in [1.54, 1.807) is 36.4 Å². The van der Waals surface area contributed by atoms with Crippen LogP contribution in [-0.4, -0.2) is 25.7 Å². The van der Waals surface area contributed by atoms with E-state index in [1.165, 1.54) is 0 Å². The molecule has 1 heterocycles. The molecule has 1 aliphatic rings. The Morgan fingerprint density at radius 1 is 1.13 bits per heavy atom. The smallest absolute Gasteiger partial charge is 0.332 e. The van der Waals surface area contributed by atoms with Crippen molar-refractivity contribution in [2.45, 2.75) is 6.92 Å². The molecule has 0 radical (unpaired) electrons. The van der Waals surface area contributed by atoms with Gasteiger partial charge < -0.3 is 14.8 Å². The maximum absolute atomic E-state index is 12.3. The van der Waals surface area contributed by atoms with Gasteiger partial charge in [0.15, 0.2) is 11.5 Å². The third-order valence-corrected chi connectivity index (χ3v) is 3.40. The zero-order valence-electron chi connectivity index (χ0n) is 12.6. The zero-order valence-corrected chi connectivity index (χ0v) is 12.6. The summed E-state index contributed by atoms with van der Waals surface area (Å²) in [6.45, 7) is 2.87. The largest absolute Gasteiger partial charge is 0.486 e. The van der Waals surface area contributed by atoms with E-state index in [2.05, 4.69) is 5.32 Å². The summed E-state index contributed by atoms with van der Waals surface area (Å²) in [5.41, 5.74) is 2.00. The highest BCUT2D eigenvalue weighted by Gasteiger charge is 2.17. The van der Waals surface area contributed by atoms with Crippen molar-refractivity contribution in [2.75, 3.05) is 23.4 Å². The van der Waals surface area contributed by atoms with Crippen LogP contribution in [0, 0.1) is 6.92 Å². The van der Waals surface area contributed by atoms with E-state index in [4.69, 9.17) is 9.47 Å². The average molecular weight is 312 g/mol. The fourth-order valence-corrected chi connectivity index (χ4v) is 2.31. The van der Waals surface area contributed by atoms with Crippen molar-refractivity contribution < 1.29 is 19.1 Å². The summed E-state index contributed by atoms with van der Waals surface area (Å²) in [6.07, 6.45) is 0.488. The molecule has 1 aliphatic heterocycles. The number of urea groups is 1. The quantitative estimate of drug-likeness (QED) is 0.885. The first kappa shape index (κ1) is 14.9. The normalized spacial score (nSPS) is 12.4. The Morgan fingerprint density at radius 3 is 2.65 bits per heavy atom. The van der Waals surface area contributed by atoms with E-state index in [1.807, 2.05) is 13.0 Å². The molecule has 118 valence electrons. The first-order valence-electron chi connectivity index (χ1n) is 7.19. The molecule has 2 aromatic carbocycles. The number of aryl methyl sites for hydroxylation is 1. The third kappa shape index (κ3) is 3.26. The van der Waals surface area contributed by atoms with Crippen molar-refractivity contribution in [3.05, 3.63) is 48.0 Å². The average Bonchev–Trinajstić information content (AvgIpc) is 2.55. The summed E-state index contributed by atoms with van der Waals surface area (Å²) in [5.74, 6) is 1.21. The number of hydrogen-bond donors (Lipinski definition) is 1. The first-order valence-corrected chi connectivity index (χ1v) is 7.19. The molecule has 0 atom stereocenters. The van der Waals surface area contributed by atoms with Crippen LogP contribution in [0.4, 0.5) is 16.2 Å². The summed E-state index contributed by atoms with van der Waals surface area (Å²) in [7, 11) is 0. The Kier molecular flexibility index (Phi) is 4.14. The van der Waals surface area contributed by atoms with Gasteiger partial charge in [0.1, 0.15) is 13.2 Å². The maximum Gasteiger partial charge on any atom is 0.332 e. The van der Waals surface area contributed by atoms with Gasteiger partial charge in [-0.25, -0.2) is 9.69 Å². The van der Waals surface area contributed by atoms with Gasteiger partial charge in [0, 0.05) is 11.8 Å². The number of benzene rings is 2. The van der Waals surface area contributed by atoms with Crippen molar-refractivity contribution >= 4 is 23.8 Å². The molecule has 3 rings (SSSR count). The Morgan fingerprint density at radius 2 is 1.91 bits per heavy atom. The van der Waals surface area contributed by atoms with E-state index in [9.17, 15) is 9.59 Å². The number of carbonyl (C=O) groups is 2. The highest BCUT2D eigenvalue weighted by molar-refractivity contribution is 6.12. The number of fused-ring (bicyclic) bond motifs is 1. The number of hydrogen-bond acceptors (Lipinski definition) is 4. The van der Waals surface area contributed by atoms with Gasteiger partial charge >= 0.3 is 6.03 Å². The van der Waals surface area contributed by atoms with E-state index in [-0.39, 0.29) is 0 Å². The minimum Gasteiger partial charge on any atom is -0.486 e. The maximum atomic E-state index is 12.3. The molecule has 6 heteroatoms. The number of amides is 3. The molecule has 0 fully saturated rings. The van der Waals surface area contributed by atoms with Crippen LogP contribution < -0.4 is 19.7 Å². The molecule has 6 nitrogen and oxygen atoms in total. The van der Waals surface area contributed by atoms with Crippen molar-refractivity contribution in [3.8, 4) is 11.5 Å². The number of ether oxygens (including phenoxy) is 2. The molecule has 0 aromatic heterocycles. The van der Waals surface area contributed by atoms with Gasteiger partial charge in [-0.05, 0) is 36.8 Å². The van der Waals surface area contributed by atoms with E-state index in [0.29, 0.717) is 42.5 Å². The Balaban J connectivity index is 1.78. The summed E-state index contributed by atoms with van der Waals surface area (Å²) in [5, 5.41) is 2.68. The van der Waals surface area contributed by atoms with Gasteiger partial charge in [-0.2, -0.15) is 0 Å². The molecule has 0 saturated carbocycles. The zero-order chi connectivity index (χ0) is 16.2. The van der Waals surface area contributed by atoms with Crippen molar-refractivity contribution in [1.29, 1.82) is 0 Å². The third-order valence-electron chi connectivity index (χ3n) is 3.40. The van der Waals surface area contributed by atoms with Crippen LogP contribution in [0.2, 0.25) is 0 Å². The summed E-state index contributed by atoms with van der Waals surface area (Å²) in [6, 6.07) is 11.7. The molecule has 0 unspecified atom stereocenters. The Hall–Kier alpha value is -3.02. The van der Waals surface area contributed by atoms with Crippen LogP contribution in [0.25, 0.3) is 0 Å². The van der Waals surface area contributed by atoms with Crippen LogP contribution in [0.1, 0.15) is 5.56 Å². The van der Waals surface area contributed by atoms with Crippen LogP contribution in [0.5, 0.6) is 11.5 Å². The van der Waals surface area contributed by atoms with Crippen LogP contribution in [0.3, 0.4) is 0 Å². The van der Waals surface area contributed by atoms with Gasteiger partial charge in [-0.1, -0.05) is 12.1 Å². The van der Waals surface area contributed by atoms with Crippen LogP contribution in [-0.2, 0) is 4.79 Å². The lowest BCUT2D eigenvalue weighted by Crippen LogP contribution is -2.33. The second kappa shape index (κ2) is 6.39. The number of anilines is 2. The molecule has 2 aromatic rings. The molecule has 0 bridgehead atoms. The van der Waals surface area contributed by atoms with Crippen molar-refractivity contribution in [1.82, 2.24) is 0 Å². The fourth-order valence-electron chi connectivity index (χ4n) is 2.31. The van der Waals surface area contributed by atoms with E-state index < -0.39 is 6.03 Å². The van der Waals surface area contributed by atoms with E-state index >= 15 is 0 Å². The highest BCUT2D eigenvalue weighted by Crippen LogP contribution is 2.32. The number of nitrogens with zero attached hydrogens (tertiary/aromatic N) is 1. The van der Waals surface area contributed by atoms with Gasteiger partial charge in [0.05, 0.1) is 5.69 Å². The molecular formula is C17H16N2O4. The number of imide groups is 1. The minimum atomic E-state index is -0.540. The SMILES string of the molecule is Cc1cccc(N(C=O)C(=O)Nc2ccc3c(c2)OCCO3)c1. The predicted molar refractivity (Wildman–Crippen MR) is 86.2 cm³/mol. The van der Waals surface area contributed by atoms with Crippen LogP contribution >= 0.6 is 0 Å². The topological polar surface area (TPSA) is 67.9 Å². The van der Waals surface area contributed by atoms with Crippen molar-refractivity contribution in [2.24, 2.45) is 0 Å². The molecule has 0 saturated heterocycles. The lowest BCUT2D eigenvalue weighted by molar-refractivity contribution is -0.106. The molecule has 0 spiro atoms. The second-order valence-corrected chi connectivity index (χ2v) is 5.10. The summed E-state index contributed by atoms with van der Waals surface area (Å²) >= 11 is 0. The number of carbonyl (C=O) groups excluding carboxylic acids is 2. The van der Waals surface area contributed by atoms with Gasteiger partial charge in [0.25, 0.3) is 0 Å². The summed E-state index contributed by atoms with van der Waals surface area (Å²) in [4.78, 5) is 24.7. The lowest BCUT2D eigenvalue weighted by Gasteiger charge is -2.20. The minimum absolute atomic E-state index is 0.466. The van der Waals surface area contributed by atoms with Gasteiger partial charge in [0.2, 0.25) is 6.41 Å². The van der Waals surface area contributed by atoms with Gasteiger partial charge in [-0.3, -0.25) is 4.79 Å². The van der Waals surface area contributed by atoms with Crippen molar-refractivity contribution in [3.63, 3.8) is 0 Å². The molecule has 23 heavy (non-hydrogen) atoms. The predicted octanol–water partition coefficient (Wildman–Crippen LogP) is 2.96. The first-order chi connectivity index (χ1) is 11.2. The van der Waals surface area contributed by atoms with Crippen LogP contribution in [0.15, 0.2) is 42.5 Å².